The molecule has 1 N–H and O–H groups in total. The zero-order valence-corrected chi connectivity index (χ0v) is 16.7. The molecule has 0 saturated carbocycles. The van der Waals surface area contributed by atoms with E-state index in [9.17, 15) is 18.3 Å². The van der Waals surface area contributed by atoms with Gasteiger partial charge in [0.05, 0.1) is 18.0 Å². The molecular weight excluding hydrogens is 372 g/mol. The molecule has 2 aliphatic heterocycles. The smallest absolute Gasteiger partial charge is 0.410 e. The number of hydrogen-bond acceptors (Lipinski definition) is 6. The summed E-state index contributed by atoms with van der Waals surface area (Å²) >= 11 is 0. The van der Waals surface area contributed by atoms with Gasteiger partial charge in [-0.05, 0) is 57.9 Å². The third kappa shape index (κ3) is 4.04. The van der Waals surface area contributed by atoms with E-state index >= 15 is 0 Å². The fourth-order valence-corrected chi connectivity index (χ4v) is 5.17. The number of sulfonamides is 1. The number of phenolic OH excluding ortho intramolecular Hbond substituents is 1. The molecule has 0 bridgehead atoms. The molecule has 2 aliphatic rings. The van der Waals surface area contributed by atoms with Crippen LogP contribution in [-0.2, 0) is 19.5 Å². The van der Waals surface area contributed by atoms with Crippen molar-refractivity contribution in [1.29, 1.82) is 0 Å². The molecule has 150 valence electrons. The number of benzene rings is 1. The monoisotopic (exact) mass is 398 g/mol. The fourth-order valence-electron chi connectivity index (χ4n) is 3.49. The molecule has 1 atom stereocenters. The molecule has 1 aromatic rings. The average Bonchev–Trinajstić information content (AvgIpc) is 2.97. The topological polar surface area (TPSA) is 96.4 Å². The van der Waals surface area contributed by atoms with Crippen LogP contribution >= 0.6 is 0 Å². The number of piperidine rings is 1. The van der Waals surface area contributed by atoms with Crippen molar-refractivity contribution in [3.63, 3.8) is 0 Å². The summed E-state index contributed by atoms with van der Waals surface area (Å²) in [7, 11) is -3.83. The fraction of sp³-hybridized carbons (Fsp3) is 0.611. The molecule has 1 unspecified atom stereocenters. The van der Waals surface area contributed by atoms with Crippen LogP contribution in [0, 0.1) is 0 Å². The Kier molecular flexibility index (Phi) is 5.13. The number of carbonyl (C=O) groups is 1. The van der Waals surface area contributed by atoms with E-state index in [0.29, 0.717) is 19.4 Å². The number of hydrogen-bond donors (Lipinski definition) is 1. The Morgan fingerprint density at radius 3 is 2.52 bits per heavy atom. The number of likely N-dealkylation sites (tertiary alicyclic amines) is 1. The van der Waals surface area contributed by atoms with Crippen molar-refractivity contribution in [2.45, 2.75) is 49.8 Å². The Bertz CT molecular complexity index is 802. The first-order valence-electron chi connectivity index (χ1n) is 8.97. The minimum Gasteiger partial charge on any atom is -0.508 e. The molecule has 9 heteroatoms. The summed E-state index contributed by atoms with van der Waals surface area (Å²) in [6, 6.07) is 5.41. The molecule has 2 fully saturated rings. The highest BCUT2D eigenvalue weighted by Crippen LogP contribution is 2.37. The standard InChI is InChI=1S/C18H26N2O6S/c1-17(2,3)26-16(22)19-10-4-9-18(13-19)20(11-12-25-18)27(23,24)15-7-5-14(21)6-8-15/h5-8,21H,4,9-13H2,1-3H3. The van der Waals surface area contributed by atoms with Crippen LogP contribution in [0.25, 0.3) is 0 Å². The van der Waals surface area contributed by atoms with Crippen molar-refractivity contribution in [2.75, 3.05) is 26.2 Å². The third-order valence-electron chi connectivity index (χ3n) is 4.63. The van der Waals surface area contributed by atoms with Gasteiger partial charge in [0.15, 0.2) is 5.72 Å². The lowest BCUT2D eigenvalue weighted by molar-refractivity contribution is -0.0977. The number of rotatable bonds is 2. The maximum Gasteiger partial charge on any atom is 0.410 e. The highest BCUT2D eigenvalue weighted by Gasteiger charge is 2.52. The Hall–Kier alpha value is -1.84. The first-order chi connectivity index (χ1) is 12.5. The molecule has 1 amide bonds. The summed E-state index contributed by atoms with van der Waals surface area (Å²) in [6.45, 7) is 6.46. The second kappa shape index (κ2) is 6.96. The molecule has 1 aromatic carbocycles. The van der Waals surface area contributed by atoms with Crippen molar-refractivity contribution in [3.8, 4) is 5.75 Å². The summed E-state index contributed by atoms with van der Waals surface area (Å²) in [4.78, 5) is 14.1. The van der Waals surface area contributed by atoms with Gasteiger partial charge in [0, 0.05) is 13.1 Å². The van der Waals surface area contributed by atoms with Gasteiger partial charge in [-0.15, -0.1) is 0 Å². The molecule has 1 spiro atoms. The molecule has 27 heavy (non-hydrogen) atoms. The van der Waals surface area contributed by atoms with Crippen LogP contribution < -0.4 is 0 Å². The minimum absolute atomic E-state index is 0.00453. The van der Waals surface area contributed by atoms with Crippen LogP contribution in [0.2, 0.25) is 0 Å². The number of nitrogens with zero attached hydrogens (tertiary/aromatic N) is 2. The summed E-state index contributed by atoms with van der Waals surface area (Å²) in [6.07, 6.45) is 0.642. The van der Waals surface area contributed by atoms with Crippen LogP contribution in [-0.4, -0.2) is 66.4 Å². The van der Waals surface area contributed by atoms with E-state index in [1.165, 1.54) is 33.5 Å². The van der Waals surface area contributed by atoms with Gasteiger partial charge in [-0.25, -0.2) is 13.2 Å². The van der Waals surface area contributed by atoms with E-state index < -0.39 is 27.4 Å². The first-order valence-corrected chi connectivity index (χ1v) is 10.4. The van der Waals surface area contributed by atoms with Crippen LogP contribution in [0.3, 0.4) is 0 Å². The van der Waals surface area contributed by atoms with E-state index in [2.05, 4.69) is 0 Å². The normalized spacial score (nSPS) is 24.3. The van der Waals surface area contributed by atoms with E-state index in [-0.39, 0.29) is 30.3 Å². The van der Waals surface area contributed by atoms with E-state index in [1.54, 1.807) is 20.8 Å². The Balaban J connectivity index is 1.85. The van der Waals surface area contributed by atoms with Gasteiger partial charge >= 0.3 is 6.09 Å². The molecular formula is C18H26N2O6S. The number of carbonyl (C=O) groups excluding carboxylic acids is 1. The van der Waals surface area contributed by atoms with Gasteiger partial charge in [-0.1, -0.05) is 0 Å². The Labute approximate surface area is 159 Å². The average molecular weight is 398 g/mol. The molecule has 8 nitrogen and oxygen atoms in total. The lowest BCUT2D eigenvalue weighted by Crippen LogP contribution is -2.59. The van der Waals surface area contributed by atoms with Gasteiger partial charge in [0.25, 0.3) is 0 Å². The van der Waals surface area contributed by atoms with Crippen LogP contribution in [0.4, 0.5) is 4.79 Å². The zero-order chi connectivity index (χ0) is 19.9. The van der Waals surface area contributed by atoms with Crippen LogP contribution in [0.5, 0.6) is 5.75 Å². The van der Waals surface area contributed by atoms with Crippen molar-refractivity contribution in [2.24, 2.45) is 0 Å². The zero-order valence-electron chi connectivity index (χ0n) is 15.8. The Morgan fingerprint density at radius 1 is 1.22 bits per heavy atom. The predicted octanol–water partition coefficient (Wildman–Crippen LogP) is 2.14. The highest BCUT2D eigenvalue weighted by molar-refractivity contribution is 7.89. The summed E-state index contributed by atoms with van der Waals surface area (Å²) in [5.74, 6) is -0.00453. The van der Waals surface area contributed by atoms with Gasteiger partial charge in [-0.2, -0.15) is 4.31 Å². The molecule has 0 radical (unpaired) electrons. The second-order valence-electron chi connectivity index (χ2n) is 7.87. The number of ether oxygens (including phenoxy) is 2. The van der Waals surface area contributed by atoms with E-state index in [4.69, 9.17) is 9.47 Å². The molecule has 0 aliphatic carbocycles. The lowest BCUT2D eigenvalue weighted by Gasteiger charge is -2.43. The Morgan fingerprint density at radius 2 is 1.89 bits per heavy atom. The predicted molar refractivity (Wildman–Crippen MR) is 97.7 cm³/mol. The summed E-state index contributed by atoms with van der Waals surface area (Å²) < 4.78 is 39.0. The van der Waals surface area contributed by atoms with Gasteiger partial charge in [-0.3, -0.25) is 0 Å². The third-order valence-corrected chi connectivity index (χ3v) is 6.59. The van der Waals surface area contributed by atoms with Gasteiger partial charge in [0.2, 0.25) is 10.0 Å². The SMILES string of the molecule is CC(C)(C)OC(=O)N1CCCC2(C1)OCCN2S(=O)(=O)c1ccc(O)cc1. The quantitative estimate of drug-likeness (QED) is 0.820. The second-order valence-corrected chi connectivity index (χ2v) is 9.73. The largest absolute Gasteiger partial charge is 0.508 e. The van der Waals surface area contributed by atoms with E-state index in [1.807, 2.05) is 0 Å². The van der Waals surface area contributed by atoms with Gasteiger partial charge in [0.1, 0.15) is 11.4 Å². The van der Waals surface area contributed by atoms with Gasteiger partial charge < -0.3 is 19.5 Å². The lowest BCUT2D eigenvalue weighted by atomic mass is 10.0. The van der Waals surface area contributed by atoms with E-state index in [0.717, 1.165) is 0 Å². The molecule has 2 heterocycles. The van der Waals surface area contributed by atoms with Crippen LogP contribution in [0.15, 0.2) is 29.2 Å². The van der Waals surface area contributed by atoms with Crippen molar-refractivity contribution in [1.82, 2.24) is 9.21 Å². The maximum atomic E-state index is 13.2. The van der Waals surface area contributed by atoms with Crippen LogP contribution in [0.1, 0.15) is 33.6 Å². The highest BCUT2D eigenvalue weighted by atomic mass is 32.2. The van der Waals surface area contributed by atoms with Crippen molar-refractivity contribution in [3.05, 3.63) is 24.3 Å². The van der Waals surface area contributed by atoms with Crippen molar-refractivity contribution >= 4 is 16.1 Å². The number of phenols is 1. The first kappa shape index (κ1) is 19.9. The maximum absolute atomic E-state index is 13.2. The molecule has 2 saturated heterocycles. The number of amides is 1. The molecule has 3 rings (SSSR count). The molecule has 0 aromatic heterocycles. The van der Waals surface area contributed by atoms with Crippen molar-refractivity contribution < 1.29 is 27.8 Å². The summed E-state index contributed by atoms with van der Waals surface area (Å²) in [5, 5.41) is 9.43. The number of aromatic hydroxyl groups is 1. The summed E-state index contributed by atoms with van der Waals surface area (Å²) in [5.41, 5.74) is -1.72. The minimum atomic E-state index is -3.83.